The summed E-state index contributed by atoms with van der Waals surface area (Å²) in [5.41, 5.74) is 7.86. The van der Waals surface area contributed by atoms with Crippen LogP contribution >= 0.6 is 0 Å². The quantitative estimate of drug-likeness (QED) is 0.300. The van der Waals surface area contributed by atoms with Gasteiger partial charge in [-0.25, -0.2) is 0 Å². The van der Waals surface area contributed by atoms with E-state index >= 15 is 0 Å². The zero-order chi connectivity index (χ0) is 23.1. The van der Waals surface area contributed by atoms with Gasteiger partial charge in [0.1, 0.15) is 0 Å². The molecule has 1 aliphatic rings. The molecule has 0 spiro atoms. The zero-order valence-corrected chi connectivity index (χ0v) is 19.2. The Kier molecular flexibility index (Phi) is 5.03. The van der Waals surface area contributed by atoms with Crippen LogP contribution in [-0.4, -0.2) is 21.9 Å². The lowest BCUT2D eigenvalue weighted by Gasteiger charge is -2.27. The molecule has 5 aromatic rings. The standard InChI is InChI=1S/C31H26N2O/c1-32-27-19-11-10-18-26(27)28(29(32)23-14-6-3-7-15-23)30-24-16-8-9-17-25(24)31(34)33(30)21-20-22-12-4-2-5-13-22/h2-19,30H,20-21H2,1H3. The molecule has 1 aromatic heterocycles. The summed E-state index contributed by atoms with van der Waals surface area (Å²) in [6.07, 6.45) is 0.822. The molecule has 1 unspecified atom stereocenters. The van der Waals surface area contributed by atoms with Crippen LogP contribution < -0.4 is 0 Å². The first-order valence-corrected chi connectivity index (χ1v) is 11.8. The molecule has 4 aromatic carbocycles. The normalized spacial score (nSPS) is 15.1. The first kappa shape index (κ1) is 20.5. The highest BCUT2D eigenvalue weighted by molar-refractivity contribution is 6.02. The van der Waals surface area contributed by atoms with E-state index in [-0.39, 0.29) is 11.9 Å². The summed E-state index contributed by atoms with van der Waals surface area (Å²) in [5, 5.41) is 1.20. The summed E-state index contributed by atoms with van der Waals surface area (Å²) >= 11 is 0. The third kappa shape index (κ3) is 3.24. The molecule has 34 heavy (non-hydrogen) atoms. The zero-order valence-electron chi connectivity index (χ0n) is 19.2. The monoisotopic (exact) mass is 442 g/mol. The van der Waals surface area contributed by atoms with Gasteiger partial charge >= 0.3 is 0 Å². The minimum Gasteiger partial charge on any atom is -0.343 e. The molecule has 0 fully saturated rings. The van der Waals surface area contributed by atoms with E-state index in [1.807, 2.05) is 30.3 Å². The first-order valence-electron chi connectivity index (χ1n) is 11.8. The second-order valence-electron chi connectivity index (χ2n) is 8.93. The van der Waals surface area contributed by atoms with Gasteiger partial charge in [-0.2, -0.15) is 0 Å². The van der Waals surface area contributed by atoms with Gasteiger partial charge in [-0.1, -0.05) is 97.1 Å². The van der Waals surface area contributed by atoms with Crippen molar-refractivity contribution in [1.82, 2.24) is 9.47 Å². The molecule has 0 radical (unpaired) electrons. The molecule has 0 bridgehead atoms. The van der Waals surface area contributed by atoms with Gasteiger partial charge in [0.25, 0.3) is 5.91 Å². The molecule has 0 N–H and O–H groups in total. The molecule has 2 heterocycles. The lowest BCUT2D eigenvalue weighted by molar-refractivity contribution is 0.0753. The topological polar surface area (TPSA) is 25.2 Å². The molecule has 0 aliphatic carbocycles. The minimum atomic E-state index is -0.131. The van der Waals surface area contributed by atoms with Crippen molar-refractivity contribution in [3.8, 4) is 11.3 Å². The van der Waals surface area contributed by atoms with E-state index in [4.69, 9.17) is 0 Å². The Morgan fingerprint density at radius 3 is 2.18 bits per heavy atom. The van der Waals surface area contributed by atoms with Crippen molar-refractivity contribution in [2.24, 2.45) is 7.05 Å². The van der Waals surface area contributed by atoms with Crippen LogP contribution in [0.4, 0.5) is 0 Å². The lowest BCUT2D eigenvalue weighted by Crippen LogP contribution is -2.31. The smallest absolute Gasteiger partial charge is 0.255 e. The summed E-state index contributed by atoms with van der Waals surface area (Å²) in [6.45, 7) is 0.666. The second kappa shape index (κ2) is 8.35. The molecule has 0 saturated carbocycles. The van der Waals surface area contributed by atoms with Crippen LogP contribution in [0.1, 0.15) is 33.1 Å². The molecular weight excluding hydrogens is 416 g/mol. The Balaban J connectivity index is 1.57. The van der Waals surface area contributed by atoms with Crippen molar-refractivity contribution in [2.45, 2.75) is 12.5 Å². The van der Waals surface area contributed by atoms with Gasteiger partial charge in [0.2, 0.25) is 0 Å². The van der Waals surface area contributed by atoms with E-state index in [1.54, 1.807) is 0 Å². The molecule has 166 valence electrons. The maximum absolute atomic E-state index is 13.7. The van der Waals surface area contributed by atoms with Crippen LogP contribution in [0.25, 0.3) is 22.2 Å². The average Bonchev–Trinajstić information content (AvgIpc) is 3.34. The number of benzene rings is 4. The SMILES string of the molecule is Cn1c(-c2ccccc2)c(C2c3ccccc3C(=O)N2CCc2ccccc2)c2ccccc21. The number of para-hydroxylation sites is 1. The van der Waals surface area contributed by atoms with Crippen molar-refractivity contribution < 1.29 is 4.79 Å². The van der Waals surface area contributed by atoms with Crippen LogP contribution in [0.2, 0.25) is 0 Å². The van der Waals surface area contributed by atoms with Crippen molar-refractivity contribution in [2.75, 3.05) is 6.54 Å². The predicted octanol–water partition coefficient (Wildman–Crippen LogP) is 6.63. The third-order valence-corrected chi connectivity index (χ3v) is 7.01. The van der Waals surface area contributed by atoms with Gasteiger partial charge in [-0.15, -0.1) is 0 Å². The van der Waals surface area contributed by atoms with Crippen molar-refractivity contribution in [1.29, 1.82) is 0 Å². The fourth-order valence-electron chi connectivity index (χ4n) is 5.45. The number of aryl methyl sites for hydroxylation is 1. The highest BCUT2D eigenvalue weighted by atomic mass is 16.2. The van der Waals surface area contributed by atoms with Crippen LogP contribution in [0, 0.1) is 0 Å². The molecule has 3 nitrogen and oxygen atoms in total. The molecular formula is C31H26N2O. The second-order valence-corrected chi connectivity index (χ2v) is 8.93. The molecule has 1 amide bonds. The molecule has 1 aliphatic heterocycles. The maximum atomic E-state index is 13.7. The number of carbonyl (C=O) groups excluding carboxylic acids is 1. The number of hydrogen-bond acceptors (Lipinski definition) is 1. The van der Waals surface area contributed by atoms with Gasteiger partial charge in [0, 0.05) is 35.6 Å². The number of nitrogens with zero attached hydrogens (tertiary/aromatic N) is 2. The average molecular weight is 443 g/mol. The van der Waals surface area contributed by atoms with Crippen LogP contribution in [-0.2, 0) is 13.5 Å². The predicted molar refractivity (Wildman–Crippen MR) is 138 cm³/mol. The summed E-state index contributed by atoms with van der Waals surface area (Å²) < 4.78 is 2.28. The maximum Gasteiger partial charge on any atom is 0.255 e. The van der Waals surface area contributed by atoms with Crippen LogP contribution in [0.15, 0.2) is 109 Å². The molecule has 0 saturated heterocycles. The van der Waals surface area contributed by atoms with Gasteiger partial charge < -0.3 is 9.47 Å². The van der Waals surface area contributed by atoms with Crippen molar-refractivity contribution >= 4 is 16.8 Å². The van der Waals surface area contributed by atoms with Gasteiger partial charge in [0.05, 0.1) is 11.7 Å². The molecule has 3 heteroatoms. The third-order valence-electron chi connectivity index (χ3n) is 7.01. The highest BCUT2D eigenvalue weighted by Gasteiger charge is 2.40. The first-order chi connectivity index (χ1) is 16.7. The Labute approximate surface area is 199 Å². The van der Waals surface area contributed by atoms with Gasteiger partial charge in [0.15, 0.2) is 0 Å². The van der Waals surface area contributed by atoms with E-state index in [2.05, 4.69) is 95.4 Å². The summed E-state index contributed by atoms with van der Waals surface area (Å²) in [6, 6.07) is 37.5. The van der Waals surface area contributed by atoms with E-state index in [9.17, 15) is 4.79 Å². The number of aromatic nitrogens is 1. The Hall–Kier alpha value is -4.11. The Morgan fingerprint density at radius 1 is 0.735 bits per heavy atom. The number of carbonyl (C=O) groups is 1. The Morgan fingerprint density at radius 2 is 1.38 bits per heavy atom. The van der Waals surface area contributed by atoms with E-state index in [0.717, 1.165) is 23.1 Å². The fourth-order valence-corrected chi connectivity index (χ4v) is 5.45. The summed E-state index contributed by atoms with van der Waals surface area (Å²) in [7, 11) is 2.13. The highest BCUT2D eigenvalue weighted by Crippen LogP contribution is 2.46. The van der Waals surface area contributed by atoms with E-state index in [1.165, 1.54) is 27.7 Å². The van der Waals surface area contributed by atoms with E-state index in [0.29, 0.717) is 6.54 Å². The van der Waals surface area contributed by atoms with Gasteiger partial charge in [-0.3, -0.25) is 4.79 Å². The van der Waals surface area contributed by atoms with Crippen LogP contribution in [0.5, 0.6) is 0 Å². The fraction of sp³-hybridized carbons (Fsp3) is 0.129. The van der Waals surface area contributed by atoms with Crippen LogP contribution in [0.3, 0.4) is 0 Å². The molecule has 1 atom stereocenters. The number of fused-ring (bicyclic) bond motifs is 2. The Bertz CT molecular complexity index is 1480. The lowest BCUT2D eigenvalue weighted by atomic mass is 9.93. The van der Waals surface area contributed by atoms with Crippen molar-refractivity contribution in [3.63, 3.8) is 0 Å². The van der Waals surface area contributed by atoms with Crippen molar-refractivity contribution in [3.05, 3.63) is 131 Å². The minimum absolute atomic E-state index is 0.114. The largest absolute Gasteiger partial charge is 0.343 e. The van der Waals surface area contributed by atoms with E-state index < -0.39 is 0 Å². The summed E-state index contributed by atoms with van der Waals surface area (Å²) in [4.78, 5) is 15.8. The molecule has 6 rings (SSSR count). The van der Waals surface area contributed by atoms with Gasteiger partial charge in [-0.05, 0) is 35.2 Å². The number of rotatable bonds is 5. The number of amides is 1. The number of hydrogen-bond donors (Lipinski definition) is 0. The summed E-state index contributed by atoms with van der Waals surface area (Å²) in [5.74, 6) is 0.114.